The molecule has 0 aliphatic rings. The summed E-state index contributed by atoms with van der Waals surface area (Å²) in [4.78, 5) is 18.8. The van der Waals surface area contributed by atoms with Crippen molar-refractivity contribution in [2.45, 2.75) is 26.2 Å². The molecule has 6 heteroatoms. The fraction of sp³-hybridized carbons (Fsp3) is 0.200. The molecule has 0 spiro atoms. The summed E-state index contributed by atoms with van der Waals surface area (Å²) in [5.41, 5.74) is 10.6. The molecule has 0 radical (unpaired) electrons. The van der Waals surface area contributed by atoms with E-state index in [1.54, 1.807) is 7.11 Å². The Labute approximate surface area is 185 Å². The number of hydrogen-bond acceptors (Lipinski definition) is 5. The van der Waals surface area contributed by atoms with Crippen molar-refractivity contribution in [2.24, 2.45) is 0 Å². The third kappa shape index (κ3) is 4.25. The number of fused-ring (bicyclic) bond motifs is 1. The van der Waals surface area contributed by atoms with E-state index in [1.165, 1.54) is 16.9 Å². The monoisotopic (exact) mass is 431 g/mol. The maximum Gasteiger partial charge on any atom is 0.267 e. The molecule has 2 aromatic heterocycles. The molecule has 0 aliphatic carbocycles. The molecule has 158 valence electrons. The van der Waals surface area contributed by atoms with E-state index in [1.807, 2.05) is 48.5 Å². The van der Waals surface area contributed by atoms with E-state index >= 15 is 0 Å². The highest BCUT2D eigenvalue weighted by Gasteiger charge is 2.18. The van der Waals surface area contributed by atoms with Crippen LogP contribution >= 0.6 is 11.3 Å². The van der Waals surface area contributed by atoms with Gasteiger partial charge >= 0.3 is 0 Å². The highest BCUT2D eigenvalue weighted by Crippen LogP contribution is 2.35. The van der Waals surface area contributed by atoms with Gasteiger partial charge in [0.1, 0.15) is 15.5 Å². The number of amides is 1. The second-order valence-electron chi connectivity index (χ2n) is 7.51. The number of anilines is 2. The lowest BCUT2D eigenvalue weighted by atomic mass is 9.99. The molecule has 0 saturated heterocycles. The summed E-state index contributed by atoms with van der Waals surface area (Å²) in [7, 11) is 1.64. The summed E-state index contributed by atoms with van der Waals surface area (Å²) in [5, 5.41) is 3.74. The lowest BCUT2D eigenvalue weighted by molar-refractivity contribution is 0.103. The first-order chi connectivity index (χ1) is 15.0. The molecule has 3 N–H and O–H groups in total. The predicted octanol–water partition coefficient (Wildman–Crippen LogP) is 6.32. The number of aromatic nitrogens is 1. The van der Waals surface area contributed by atoms with Crippen LogP contribution in [0.3, 0.4) is 0 Å². The molecule has 4 rings (SSSR count). The van der Waals surface area contributed by atoms with Gasteiger partial charge < -0.3 is 15.8 Å². The topological polar surface area (TPSA) is 77.2 Å². The van der Waals surface area contributed by atoms with Gasteiger partial charge in [0.05, 0.1) is 18.5 Å². The number of nitrogens with two attached hydrogens (primary N) is 1. The molecule has 0 bridgehead atoms. The molecule has 31 heavy (non-hydrogen) atoms. The highest BCUT2D eigenvalue weighted by molar-refractivity contribution is 7.21. The fourth-order valence-electron chi connectivity index (χ4n) is 3.41. The van der Waals surface area contributed by atoms with E-state index in [-0.39, 0.29) is 5.91 Å². The summed E-state index contributed by atoms with van der Waals surface area (Å²) >= 11 is 1.31. The average Bonchev–Trinajstić information content (AvgIpc) is 3.15. The first-order valence-corrected chi connectivity index (χ1v) is 11.1. The number of thiophene rings is 1. The lowest BCUT2D eigenvalue weighted by Crippen LogP contribution is -2.12. The molecular formula is C25H25N3O2S. The van der Waals surface area contributed by atoms with Crippen LogP contribution in [0.4, 0.5) is 11.4 Å². The van der Waals surface area contributed by atoms with E-state index in [9.17, 15) is 4.79 Å². The Morgan fingerprint density at radius 1 is 1.10 bits per heavy atom. The number of pyridine rings is 1. The SMILES string of the molecule is CCC(C)c1ccc(NC(=O)c2sc3nc(-c4ccc(OC)cc4)ccc3c2N)cc1. The van der Waals surface area contributed by atoms with Gasteiger partial charge in [-0.15, -0.1) is 11.3 Å². The molecule has 1 atom stereocenters. The van der Waals surface area contributed by atoms with Gasteiger partial charge in [-0.3, -0.25) is 4.79 Å². The summed E-state index contributed by atoms with van der Waals surface area (Å²) in [6, 6.07) is 19.5. The molecular weight excluding hydrogens is 406 g/mol. The summed E-state index contributed by atoms with van der Waals surface area (Å²) < 4.78 is 5.21. The molecule has 0 fully saturated rings. The second kappa shape index (κ2) is 8.78. The maximum atomic E-state index is 12.9. The first kappa shape index (κ1) is 20.9. The Morgan fingerprint density at radius 3 is 2.45 bits per heavy atom. The Hall–Kier alpha value is -3.38. The van der Waals surface area contributed by atoms with Gasteiger partial charge in [0.25, 0.3) is 5.91 Å². The van der Waals surface area contributed by atoms with Crippen LogP contribution in [-0.2, 0) is 0 Å². The van der Waals surface area contributed by atoms with Gasteiger partial charge in [-0.2, -0.15) is 0 Å². The van der Waals surface area contributed by atoms with Crippen LogP contribution in [0.2, 0.25) is 0 Å². The van der Waals surface area contributed by atoms with Crippen molar-refractivity contribution in [3.8, 4) is 17.0 Å². The maximum absolute atomic E-state index is 12.9. The molecule has 0 saturated carbocycles. The van der Waals surface area contributed by atoms with Crippen molar-refractivity contribution in [3.05, 3.63) is 71.1 Å². The van der Waals surface area contributed by atoms with Crippen molar-refractivity contribution < 1.29 is 9.53 Å². The third-order valence-corrected chi connectivity index (χ3v) is 6.65. The average molecular weight is 432 g/mol. The van der Waals surface area contributed by atoms with Gasteiger partial charge in [0.2, 0.25) is 0 Å². The van der Waals surface area contributed by atoms with Crippen LogP contribution in [0, 0.1) is 0 Å². The minimum absolute atomic E-state index is 0.220. The standard InChI is InChI=1S/C25H25N3O2S/c1-4-15(2)16-5-9-18(10-6-16)27-24(29)23-22(26)20-13-14-21(28-25(20)31-23)17-7-11-19(30-3)12-8-17/h5-15H,4,26H2,1-3H3,(H,27,29). The smallest absolute Gasteiger partial charge is 0.267 e. The van der Waals surface area contributed by atoms with E-state index < -0.39 is 0 Å². The zero-order valence-electron chi connectivity index (χ0n) is 17.8. The Kier molecular flexibility index (Phi) is 5.91. The molecule has 2 heterocycles. The third-order valence-electron chi connectivity index (χ3n) is 5.54. The van der Waals surface area contributed by atoms with Crippen molar-refractivity contribution in [3.63, 3.8) is 0 Å². The van der Waals surface area contributed by atoms with E-state index in [0.29, 0.717) is 16.5 Å². The van der Waals surface area contributed by atoms with Crippen molar-refractivity contribution in [1.82, 2.24) is 4.98 Å². The van der Waals surface area contributed by atoms with Crippen LogP contribution in [0.5, 0.6) is 5.75 Å². The van der Waals surface area contributed by atoms with Crippen LogP contribution in [0.1, 0.15) is 41.4 Å². The molecule has 1 unspecified atom stereocenters. The minimum Gasteiger partial charge on any atom is -0.497 e. The van der Waals surface area contributed by atoms with Crippen molar-refractivity contribution in [2.75, 3.05) is 18.2 Å². The van der Waals surface area contributed by atoms with Crippen LogP contribution in [-0.4, -0.2) is 18.0 Å². The highest BCUT2D eigenvalue weighted by atomic mass is 32.1. The van der Waals surface area contributed by atoms with Gasteiger partial charge in [-0.05, 0) is 66.4 Å². The Morgan fingerprint density at radius 2 is 1.81 bits per heavy atom. The molecule has 4 aromatic rings. The largest absolute Gasteiger partial charge is 0.497 e. The van der Waals surface area contributed by atoms with Crippen molar-refractivity contribution >= 4 is 38.8 Å². The first-order valence-electron chi connectivity index (χ1n) is 10.2. The normalized spacial score (nSPS) is 12.0. The molecule has 1 amide bonds. The number of nitrogens with one attached hydrogen (secondary N) is 1. The van der Waals surface area contributed by atoms with Crippen LogP contribution in [0.15, 0.2) is 60.7 Å². The molecule has 0 aliphatic heterocycles. The van der Waals surface area contributed by atoms with Crippen LogP contribution in [0.25, 0.3) is 21.5 Å². The summed E-state index contributed by atoms with van der Waals surface area (Å²) in [5.74, 6) is 1.07. The van der Waals surface area contributed by atoms with Crippen LogP contribution < -0.4 is 15.8 Å². The zero-order chi connectivity index (χ0) is 22.0. The number of carbonyl (C=O) groups is 1. The number of nitrogen functional groups attached to an aromatic ring is 1. The Bertz CT molecular complexity index is 1210. The number of rotatable bonds is 6. The number of methoxy groups -OCH3 is 1. The number of ether oxygens (including phenoxy) is 1. The summed E-state index contributed by atoms with van der Waals surface area (Å²) in [6.07, 6.45) is 1.08. The van der Waals surface area contributed by atoms with Gasteiger partial charge in [0, 0.05) is 16.6 Å². The lowest BCUT2D eigenvalue weighted by Gasteiger charge is -2.10. The Balaban J connectivity index is 1.58. The summed E-state index contributed by atoms with van der Waals surface area (Å²) in [6.45, 7) is 4.36. The number of carbonyl (C=O) groups excluding carboxylic acids is 1. The zero-order valence-corrected chi connectivity index (χ0v) is 18.6. The number of hydrogen-bond donors (Lipinski definition) is 2. The fourth-order valence-corrected chi connectivity index (χ4v) is 4.40. The second-order valence-corrected chi connectivity index (χ2v) is 8.51. The van der Waals surface area contributed by atoms with E-state index in [0.717, 1.165) is 39.3 Å². The van der Waals surface area contributed by atoms with Gasteiger partial charge in [0.15, 0.2) is 0 Å². The van der Waals surface area contributed by atoms with Gasteiger partial charge in [-0.25, -0.2) is 4.98 Å². The van der Waals surface area contributed by atoms with E-state index in [4.69, 9.17) is 15.5 Å². The molecule has 2 aromatic carbocycles. The minimum atomic E-state index is -0.220. The van der Waals surface area contributed by atoms with Gasteiger partial charge in [-0.1, -0.05) is 26.0 Å². The van der Waals surface area contributed by atoms with Crippen molar-refractivity contribution in [1.29, 1.82) is 0 Å². The number of benzene rings is 2. The number of nitrogens with zero attached hydrogens (tertiary/aromatic N) is 1. The van der Waals surface area contributed by atoms with E-state index in [2.05, 4.69) is 31.3 Å². The predicted molar refractivity (Wildman–Crippen MR) is 129 cm³/mol. The quantitative estimate of drug-likeness (QED) is 0.374. The molecule has 5 nitrogen and oxygen atoms in total.